The molecule has 2 amide bonds. The lowest BCUT2D eigenvalue weighted by atomic mass is 9.82. The largest absolute Gasteiger partial charge is 0.368 e. The molecule has 1 aromatic rings. The Balaban J connectivity index is 1.85. The van der Waals surface area contributed by atoms with E-state index in [0.717, 1.165) is 50.5 Å². The molecule has 0 unspecified atom stereocenters. The summed E-state index contributed by atoms with van der Waals surface area (Å²) in [6.07, 6.45) is 7.20. The van der Waals surface area contributed by atoms with Crippen molar-refractivity contribution in [3.05, 3.63) is 35.4 Å². The summed E-state index contributed by atoms with van der Waals surface area (Å²) >= 11 is 0. The first-order chi connectivity index (χ1) is 10.7. The molecule has 1 aromatic carbocycles. The third kappa shape index (κ3) is 3.01. The van der Waals surface area contributed by atoms with Gasteiger partial charge in [-0.3, -0.25) is 9.59 Å². The summed E-state index contributed by atoms with van der Waals surface area (Å²) in [4.78, 5) is 26.3. The van der Waals surface area contributed by atoms with Crippen molar-refractivity contribution in [1.82, 2.24) is 4.90 Å². The molecule has 0 bridgehead atoms. The summed E-state index contributed by atoms with van der Waals surface area (Å²) in [5.41, 5.74) is 7.81. The van der Waals surface area contributed by atoms with Crippen LogP contribution in [0.15, 0.2) is 24.3 Å². The zero-order valence-electron chi connectivity index (χ0n) is 13.0. The minimum absolute atomic E-state index is 0.0577. The van der Waals surface area contributed by atoms with E-state index in [4.69, 9.17) is 5.73 Å². The van der Waals surface area contributed by atoms with Crippen LogP contribution < -0.4 is 5.73 Å². The fourth-order valence-corrected chi connectivity index (χ4v) is 3.98. The van der Waals surface area contributed by atoms with E-state index in [1.54, 1.807) is 4.90 Å². The highest BCUT2D eigenvalue weighted by Crippen LogP contribution is 2.34. The number of nitrogens with zero attached hydrogens (tertiary/aromatic N) is 1. The Labute approximate surface area is 131 Å². The van der Waals surface area contributed by atoms with Gasteiger partial charge in [-0.15, -0.1) is 0 Å². The number of hydrogen-bond donors (Lipinski definition) is 1. The Morgan fingerprint density at radius 2 is 1.82 bits per heavy atom. The minimum Gasteiger partial charge on any atom is -0.368 e. The van der Waals surface area contributed by atoms with Crippen LogP contribution in [-0.2, 0) is 16.0 Å². The van der Waals surface area contributed by atoms with Gasteiger partial charge < -0.3 is 10.6 Å². The van der Waals surface area contributed by atoms with Crippen LogP contribution in [0.2, 0.25) is 0 Å². The molecule has 0 aliphatic heterocycles. The molecule has 2 aliphatic carbocycles. The van der Waals surface area contributed by atoms with Crippen LogP contribution in [0.25, 0.3) is 0 Å². The molecular weight excluding hydrogens is 276 g/mol. The van der Waals surface area contributed by atoms with Gasteiger partial charge in [0.05, 0.1) is 12.5 Å². The minimum atomic E-state index is -0.413. The second kappa shape index (κ2) is 6.51. The third-order valence-corrected chi connectivity index (χ3v) is 5.04. The molecule has 4 nitrogen and oxygen atoms in total. The number of fused-ring (bicyclic) bond motifs is 1. The number of benzene rings is 1. The van der Waals surface area contributed by atoms with Crippen molar-refractivity contribution < 1.29 is 9.59 Å². The van der Waals surface area contributed by atoms with Gasteiger partial charge >= 0.3 is 0 Å². The Bertz CT molecular complexity index is 564. The second-order valence-corrected chi connectivity index (χ2v) is 6.51. The highest BCUT2D eigenvalue weighted by Gasteiger charge is 2.34. The molecular formula is C18H24N2O2. The molecule has 0 heterocycles. The molecule has 4 heteroatoms. The zero-order chi connectivity index (χ0) is 15.5. The number of primary amides is 1. The van der Waals surface area contributed by atoms with Gasteiger partial charge in [0, 0.05) is 6.04 Å². The van der Waals surface area contributed by atoms with Crippen LogP contribution in [-0.4, -0.2) is 29.3 Å². The Morgan fingerprint density at radius 3 is 2.55 bits per heavy atom. The molecule has 2 aliphatic rings. The standard InChI is InChI=1S/C18H24N2O2/c19-17(21)12-20(14-8-2-3-9-14)18(22)16-11-5-7-13-6-1-4-10-15(13)16/h1,4,6,10,14,16H,2-3,5,7-9,11-12H2,(H2,19,21)/t16-/m0/s1. The van der Waals surface area contributed by atoms with E-state index in [-0.39, 0.29) is 24.4 Å². The molecule has 22 heavy (non-hydrogen) atoms. The lowest BCUT2D eigenvalue weighted by molar-refractivity contribution is -0.139. The van der Waals surface area contributed by atoms with Crippen LogP contribution in [0.4, 0.5) is 0 Å². The van der Waals surface area contributed by atoms with Crippen molar-refractivity contribution >= 4 is 11.8 Å². The van der Waals surface area contributed by atoms with Gasteiger partial charge in [-0.2, -0.15) is 0 Å². The Hall–Kier alpha value is -1.84. The fourth-order valence-electron chi connectivity index (χ4n) is 3.98. The maximum Gasteiger partial charge on any atom is 0.237 e. The van der Waals surface area contributed by atoms with Crippen molar-refractivity contribution in [3.63, 3.8) is 0 Å². The average Bonchev–Trinajstić information content (AvgIpc) is 3.05. The van der Waals surface area contributed by atoms with Gasteiger partial charge in [-0.1, -0.05) is 37.1 Å². The van der Waals surface area contributed by atoms with Crippen molar-refractivity contribution in [2.45, 2.75) is 56.9 Å². The summed E-state index contributed by atoms with van der Waals surface area (Å²) < 4.78 is 0. The van der Waals surface area contributed by atoms with E-state index in [1.807, 2.05) is 12.1 Å². The van der Waals surface area contributed by atoms with Gasteiger partial charge in [-0.05, 0) is 43.2 Å². The van der Waals surface area contributed by atoms with Crippen molar-refractivity contribution in [3.8, 4) is 0 Å². The lowest BCUT2D eigenvalue weighted by Crippen LogP contribution is -2.46. The number of hydrogen-bond acceptors (Lipinski definition) is 2. The van der Waals surface area contributed by atoms with Gasteiger partial charge in [0.25, 0.3) is 0 Å². The first-order valence-electron chi connectivity index (χ1n) is 8.33. The number of aryl methyl sites for hydroxylation is 1. The van der Waals surface area contributed by atoms with E-state index in [9.17, 15) is 9.59 Å². The average molecular weight is 300 g/mol. The fraction of sp³-hybridized carbons (Fsp3) is 0.556. The first-order valence-corrected chi connectivity index (χ1v) is 8.33. The van der Waals surface area contributed by atoms with Gasteiger partial charge in [0.1, 0.15) is 0 Å². The van der Waals surface area contributed by atoms with Crippen molar-refractivity contribution in [1.29, 1.82) is 0 Å². The molecule has 1 fully saturated rings. The molecule has 0 spiro atoms. The van der Waals surface area contributed by atoms with Gasteiger partial charge in [0.15, 0.2) is 0 Å². The maximum atomic E-state index is 13.1. The molecule has 3 rings (SSSR count). The topological polar surface area (TPSA) is 63.4 Å². The number of nitrogens with two attached hydrogens (primary N) is 1. The highest BCUT2D eigenvalue weighted by atomic mass is 16.2. The molecule has 0 radical (unpaired) electrons. The van der Waals surface area contributed by atoms with Crippen molar-refractivity contribution in [2.24, 2.45) is 5.73 Å². The normalized spacial score (nSPS) is 21.4. The van der Waals surface area contributed by atoms with Gasteiger partial charge in [0.2, 0.25) is 11.8 Å². The van der Waals surface area contributed by atoms with E-state index >= 15 is 0 Å². The molecule has 118 valence electrons. The number of carbonyl (C=O) groups is 2. The number of rotatable bonds is 4. The van der Waals surface area contributed by atoms with Crippen LogP contribution in [0.3, 0.4) is 0 Å². The summed E-state index contributed by atoms with van der Waals surface area (Å²) in [5.74, 6) is -0.424. The number of carbonyl (C=O) groups excluding carboxylic acids is 2. The molecule has 1 saturated carbocycles. The highest BCUT2D eigenvalue weighted by molar-refractivity contribution is 5.88. The third-order valence-electron chi connectivity index (χ3n) is 5.04. The van der Waals surface area contributed by atoms with E-state index in [0.29, 0.717) is 0 Å². The predicted octanol–water partition coefficient (Wildman–Crippen LogP) is 2.36. The van der Waals surface area contributed by atoms with Crippen LogP contribution in [0, 0.1) is 0 Å². The monoisotopic (exact) mass is 300 g/mol. The lowest BCUT2D eigenvalue weighted by Gasteiger charge is -2.34. The summed E-state index contributed by atoms with van der Waals surface area (Å²) in [5, 5.41) is 0. The zero-order valence-corrected chi connectivity index (χ0v) is 13.0. The van der Waals surface area contributed by atoms with Gasteiger partial charge in [-0.25, -0.2) is 0 Å². The van der Waals surface area contributed by atoms with Crippen LogP contribution in [0.1, 0.15) is 55.6 Å². The van der Waals surface area contributed by atoms with Crippen molar-refractivity contribution in [2.75, 3.05) is 6.54 Å². The molecule has 0 saturated heterocycles. The first kappa shape index (κ1) is 15.1. The van der Waals surface area contributed by atoms with E-state index in [2.05, 4.69) is 12.1 Å². The molecule has 1 atom stereocenters. The smallest absolute Gasteiger partial charge is 0.237 e. The Morgan fingerprint density at radius 1 is 1.09 bits per heavy atom. The number of amides is 2. The summed E-state index contributed by atoms with van der Waals surface area (Å²) in [7, 11) is 0. The summed E-state index contributed by atoms with van der Waals surface area (Å²) in [6, 6.07) is 8.40. The van der Waals surface area contributed by atoms with Crippen LogP contribution >= 0.6 is 0 Å². The predicted molar refractivity (Wildman–Crippen MR) is 85.3 cm³/mol. The second-order valence-electron chi connectivity index (χ2n) is 6.51. The SMILES string of the molecule is NC(=O)CN(C(=O)[C@H]1CCCc2ccccc21)C1CCCC1. The van der Waals surface area contributed by atoms with E-state index < -0.39 is 5.91 Å². The molecule has 0 aromatic heterocycles. The van der Waals surface area contributed by atoms with Crippen LogP contribution in [0.5, 0.6) is 0 Å². The Kier molecular flexibility index (Phi) is 4.46. The van der Waals surface area contributed by atoms with E-state index in [1.165, 1.54) is 5.56 Å². The summed E-state index contributed by atoms with van der Waals surface area (Å²) in [6.45, 7) is 0.0577. The maximum absolute atomic E-state index is 13.1. The molecule has 2 N–H and O–H groups in total. The quantitative estimate of drug-likeness (QED) is 0.928.